The first kappa shape index (κ1) is 19.1. The predicted molar refractivity (Wildman–Crippen MR) is 108 cm³/mol. The number of fused-ring (bicyclic) bond motifs is 2. The number of hydrogen-bond acceptors (Lipinski definition) is 6. The summed E-state index contributed by atoms with van der Waals surface area (Å²) in [5.74, 6) is 0.934. The third kappa shape index (κ3) is 3.45. The molecule has 1 aromatic heterocycles. The summed E-state index contributed by atoms with van der Waals surface area (Å²) in [6, 6.07) is 15.0. The van der Waals surface area contributed by atoms with Crippen LogP contribution in [0.25, 0.3) is 11.0 Å². The van der Waals surface area contributed by atoms with E-state index in [2.05, 4.69) is 5.32 Å². The SMILES string of the molecule is Cc1oc2ccc(OCc3ccccc3)cc2c1C(=O)N[C@@H]1CO[C@H]2[C@@H]1OC[C@H]2O. The molecule has 2 aliphatic heterocycles. The quantitative estimate of drug-likeness (QED) is 0.673. The number of hydrogen-bond donors (Lipinski definition) is 2. The number of carbonyl (C=O) groups excluding carboxylic acids is 1. The van der Waals surface area contributed by atoms with Crippen LogP contribution in [-0.4, -0.2) is 48.6 Å². The Morgan fingerprint density at radius 3 is 2.77 bits per heavy atom. The molecule has 156 valence electrons. The second-order valence-corrected chi connectivity index (χ2v) is 7.71. The molecule has 0 unspecified atom stereocenters. The van der Waals surface area contributed by atoms with Crippen LogP contribution in [0.1, 0.15) is 21.7 Å². The number of carbonyl (C=O) groups is 1. The van der Waals surface area contributed by atoms with E-state index >= 15 is 0 Å². The average molecular weight is 409 g/mol. The number of aliphatic hydroxyl groups excluding tert-OH is 1. The molecular formula is C23H23NO6. The van der Waals surface area contributed by atoms with Crippen molar-refractivity contribution < 1.29 is 28.5 Å². The van der Waals surface area contributed by atoms with E-state index in [1.54, 1.807) is 6.92 Å². The molecule has 0 aliphatic carbocycles. The van der Waals surface area contributed by atoms with Gasteiger partial charge >= 0.3 is 0 Å². The van der Waals surface area contributed by atoms with Crippen LogP contribution in [0, 0.1) is 6.92 Å². The third-order valence-corrected chi connectivity index (χ3v) is 5.65. The molecule has 7 nitrogen and oxygen atoms in total. The Morgan fingerprint density at radius 1 is 1.13 bits per heavy atom. The summed E-state index contributed by atoms with van der Waals surface area (Å²) in [5, 5.41) is 13.6. The maximum Gasteiger partial charge on any atom is 0.255 e. The second-order valence-electron chi connectivity index (χ2n) is 7.71. The predicted octanol–water partition coefficient (Wildman–Crippen LogP) is 2.58. The standard InChI is InChI=1S/C23H23NO6/c1-13-20(23(26)24-17-11-28-22-18(25)12-29-21(17)22)16-9-15(7-8-19(16)30-13)27-10-14-5-3-2-4-6-14/h2-9,17-18,21-22,25H,10-12H2,1H3,(H,24,26)/t17-,18-,21-,22-/m1/s1. The molecule has 2 aliphatic rings. The summed E-state index contributed by atoms with van der Waals surface area (Å²) >= 11 is 0. The number of benzene rings is 2. The van der Waals surface area contributed by atoms with Gasteiger partial charge in [-0.1, -0.05) is 30.3 Å². The molecule has 0 saturated carbocycles. The van der Waals surface area contributed by atoms with Crippen molar-refractivity contribution in [2.45, 2.75) is 37.9 Å². The zero-order valence-corrected chi connectivity index (χ0v) is 16.5. The summed E-state index contributed by atoms with van der Waals surface area (Å²) < 4.78 is 22.9. The van der Waals surface area contributed by atoms with E-state index in [9.17, 15) is 9.90 Å². The maximum absolute atomic E-state index is 13.1. The molecule has 0 radical (unpaired) electrons. The van der Waals surface area contributed by atoms with E-state index in [0.717, 1.165) is 5.56 Å². The molecule has 2 saturated heterocycles. The lowest BCUT2D eigenvalue weighted by atomic mass is 10.1. The van der Waals surface area contributed by atoms with E-state index in [1.165, 1.54) is 0 Å². The summed E-state index contributed by atoms with van der Waals surface area (Å²) in [5.41, 5.74) is 2.16. The molecular weight excluding hydrogens is 386 g/mol. The molecule has 3 heterocycles. The highest BCUT2D eigenvalue weighted by atomic mass is 16.6. The lowest BCUT2D eigenvalue weighted by molar-refractivity contribution is 0.0178. The largest absolute Gasteiger partial charge is 0.489 e. The fraction of sp³-hybridized carbons (Fsp3) is 0.348. The smallest absolute Gasteiger partial charge is 0.255 e. The lowest BCUT2D eigenvalue weighted by Gasteiger charge is -2.17. The van der Waals surface area contributed by atoms with Crippen LogP contribution in [-0.2, 0) is 16.1 Å². The number of nitrogens with one attached hydrogen (secondary N) is 1. The summed E-state index contributed by atoms with van der Waals surface area (Å²) in [6.07, 6.45) is -1.39. The van der Waals surface area contributed by atoms with Crippen LogP contribution >= 0.6 is 0 Å². The van der Waals surface area contributed by atoms with E-state index in [-0.39, 0.29) is 24.7 Å². The normalized spacial score (nSPS) is 25.4. The highest BCUT2D eigenvalue weighted by molar-refractivity contribution is 6.07. The van der Waals surface area contributed by atoms with Gasteiger partial charge in [0.2, 0.25) is 0 Å². The van der Waals surface area contributed by atoms with Crippen LogP contribution in [0.15, 0.2) is 52.9 Å². The first-order valence-electron chi connectivity index (χ1n) is 10.0. The molecule has 7 heteroatoms. The van der Waals surface area contributed by atoms with Crippen LogP contribution in [0.5, 0.6) is 5.75 Å². The van der Waals surface area contributed by atoms with E-state index in [1.807, 2.05) is 48.5 Å². The number of aliphatic hydroxyl groups is 1. The molecule has 1 amide bonds. The molecule has 5 rings (SSSR count). The molecule has 3 aromatic rings. The summed E-state index contributed by atoms with van der Waals surface area (Å²) in [7, 11) is 0. The molecule has 2 N–H and O–H groups in total. The van der Waals surface area contributed by atoms with Gasteiger partial charge in [-0.25, -0.2) is 0 Å². The van der Waals surface area contributed by atoms with Crippen molar-refractivity contribution in [2.75, 3.05) is 13.2 Å². The maximum atomic E-state index is 13.1. The van der Waals surface area contributed by atoms with Gasteiger partial charge < -0.3 is 29.1 Å². The van der Waals surface area contributed by atoms with Crippen LogP contribution in [0.3, 0.4) is 0 Å². The zero-order chi connectivity index (χ0) is 20.7. The monoisotopic (exact) mass is 409 g/mol. The van der Waals surface area contributed by atoms with Gasteiger partial charge in [0, 0.05) is 5.39 Å². The Morgan fingerprint density at radius 2 is 1.93 bits per heavy atom. The van der Waals surface area contributed by atoms with Crippen molar-refractivity contribution in [3.05, 3.63) is 65.4 Å². The molecule has 30 heavy (non-hydrogen) atoms. The Balaban J connectivity index is 1.35. The van der Waals surface area contributed by atoms with Gasteiger partial charge in [-0.15, -0.1) is 0 Å². The number of furan rings is 1. The van der Waals surface area contributed by atoms with Crippen molar-refractivity contribution in [3.8, 4) is 5.75 Å². The number of rotatable bonds is 5. The molecule has 4 atom stereocenters. The van der Waals surface area contributed by atoms with Crippen molar-refractivity contribution in [2.24, 2.45) is 0 Å². The van der Waals surface area contributed by atoms with Crippen LogP contribution < -0.4 is 10.1 Å². The molecule has 2 fully saturated rings. The first-order chi connectivity index (χ1) is 14.6. The fourth-order valence-corrected chi connectivity index (χ4v) is 4.16. The Labute approximate surface area is 173 Å². The van der Waals surface area contributed by atoms with Gasteiger partial charge in [0.1, 0.15) is 42.0 Å². The van der Waals surface area contributed by atoms with Crippen LogP contribution in [0.2, 0.25) is 0 Å². The Hall–Kier alpha value is -2.87. The molecule has 2 aromatic carbocycles. The Bertz CT molecular complexity index is 1060. The van der Waals surface area contributed by atoms with Gasteiger partial charge in [-0.2, -0.15) is 0 Å². The van der Waals surface area contributed by atoms with Crippen molar-refractivity contribution >= 4 is 16.9 Å². The lowest BCUT2D eigenvalue weighted by Crippen LogP contribution is -2.44. The van der Waals surface area contributed by atoms with E-state index in [4.69, 9.17) is 18.6 Å². The van der Waals surface area contributed by atoms with Gasteiger partial charge in [0.05, 0.1) is 24.8 Å². The van der Waals surface area contributed by atoms with Gasteiger partial charge in [-0.3, -0.25) is 4.79 Å². The Kier molecular flexibility index (Phi) is 4.94. The minimum atomic E-state index is -0.655. The second kappa shape index (κ2) is 7.75. The third-order valence-electron chi connectivity index (χ3n) is 5.65. The van der Waals surface area contributed by atoms with Gasteiger partial charge in [0.25, 0.3) is 5.91 Å². The summed E-state index contributed by atoms with van der Waals surface area (Å²) in [4.78, 5) is 13.1. The van der Waals surface area contributed by atoms with Crippen molar-refractivity contribution in [1.82, 2.24) is 5.32 Å². The molecule has 0 bridgehead atoms. The van der Waals surface area contributed by atoms with Crippen molar-refractivity contribution in [1.29, 1.82) is 0 Å². The average Bonchev–Trinajstić information content (AvgIpc) is 3.41. The minimum Gasteiger partial charge on any atom is -0.489 e. The zero-order valence-electron chi connectivity index (χ0n) is 16.5. The van der Waals surface area contributed by atoms with Crippen molar-refractivity contribution in [3.63, 3.8) is 0 Å². The molecule has 0 spiro atoms. The topological polar surface area (TPSA) is 90.2 Å². The minimum absolute atomic E-state index is 0.220. The summed E-state index contributed by atoms with van der Waals surface area (Å²) in [6.45, 7) is 2.73. The highest BCUT2D eigenvalue weighted by Gasteiger charge is 2.47. The fourth-order valence-electron chi connectivity index (χ4n) is 4.16. The van der Waals surface area contributed by atoms with Gasteiger partial charge in [0.15, 0.2) is 0 Å². The first-order valence-corrected chi connectivity index (χ1v) is 10.0. The van der Waals surface area contributed by atoms with Gasteiger partial charge in [-0.05, 0) is 30.7 Å². The number of ether oxygens (including phenoxy) is 3. The number of aryl methyl sites for hydroxylation is 1. The van der Waals surface area contributed by atoms with E-state index in [0.29, 0.717) is 41.3 Å². The van der Waals surface area contributed by atoms with E-state index < -0.39 is 12.2 Å². The number of amides is 1. The van der Waals surface area contributed by atoms with Crippen LogP contribution in [0.4, 0.5) is 0 Å². The highest BCUT2D eigenvalue weighted by Crippen LogP contribution is 2.31.